The molecule has 1 nitrogen and oxygen atoms in total. The molecular formula is H7BaCaClO. The van der Waals surface area contributed by atoms with Gasteiger partial charge < -0.3 is 11.2 Å². The van der Waals surface area contributed by atoms with Crippen LogP contribution in [0.4, 0.5) is 0 Å². The monoisotopic (exact) mass is 236 g/mol. The van der Waals surface area contributed by atoms with Gasteiger partial charge in [-0.1, -0.05) is 0 Å². The summed E-state index contributed by atoms with van der Waals surface area (Å²) in [4.78, 5) is 0. The molecule has 4 heteroatoms. The first-order valence-electron chi connectivity index (χ1n) is 0. The van der Waals surface area contributed by atoms with Crippen LogP contribution in [0.5, 0.6) is 0 Å². The van der Waals surface area contributed by atoms with Crippen molar-refractivity contribution in [1.29, 1.82) is 0 Å². The third-order valence-electron chi connectivity index (χ3n) is 0. The van der Waals surface area contributed by atoms with Gasteiger partial charge in [0.15, 0.2) is 0 Å². The smallest absolute Gasteiger partial charge is 1.00 e. The van der Waals surface area contributed by atoms with Crippen molar-refractivity contribution in [2.45, 2.75) is 0 Å². The van der Waals surface area contributed by atoms with E-state index in [9.17, 15) is 0 Å². The molecule has 0 saturated heterocycles. The fraction of sp³-hybridized carbons (Fsp3) is 0. The average molecular weight is 236 g/mol. The van der Waals surface area contributed by atoms with Gasteiger partial charge >= 0.3 is 86.6 Å². The van der Waals surface area contributed by atoms with E-state index in [1.165, 1.54) is 0 Å². The van der Waals surface area contributed by atoms with E-state index in [0.29, 0.717) is 0 Å². The first-order valence-corrected chi connectivity index (χ1v) is 0. The quantitative estimate of drug-likeness (QED) is 0.497. The van der Waals surface area contributed by atoms with Crippen molar-refractivity contribution < 1.29 is 11.2 Å². The van der Waals surface area contributed by atoms with Crippen LogP contribution in [0.3, 0.4) is 0 Å². The summed E-state index contributed by atoms with van der Waals surface area (Å²) in [7, 11) is 0. The second-order valence-electron chi connectivity index (χ2n) is 0. The predicted octanol–water partition coefficient (Wildman–Crippen LogP) is -0.715. The Labute approximate surface area is 108 Å². The second-order valence-corrected chi connectivity index (χ2v) is 0. The molecule has 0 aliphatic carbocycles. The molecule has 0 bridgehead atoms. The van der Waals surface area contributed by atoms with E-state index >= 15 is 0 Å². The third-order valence-corrected chi connectivity index (χ3v) is 0. The van der Waals surface area contributed by atoms with Crippen LogP contribution in [0.15, 0.2) is 0 Å². The molecule has 0 spiro atoms. The SMILES string of the molecule is Cl.O.[Ba+2].[Ca+2].[H-].[H-].[H-].[H-]. The van der Waals surface area contributed by atoms with E-state index < -0.39 is 0 Å². The van der Waals surface area contributed by atoms with Gasteiger partial charge in [-0.3, -0.25) is 0 Å². The molecule has 0 saturated carbocycles. The van der Waals surface area contributed by atoms with Crippen LogP contribution in [-0.2, 0) is 0 Å². The molecule has 0 aliphatic rings. The van der Waals surface area contributed by atoms with E-state index in [0.717, 1.165) is 0 Å². The molecule has 0 amide bonds. The Hall–Kier alpha value is 3.08. The molecule has 0 fully saturated rings. The van der Waals surface area contributed by atoms with Crippen molar-refractivity contribution in [2.75, 3.05) is 0 Å². The molecule has 0 unspecified atom stereocenters. The molecular weight excluding hydrogens is 229 g/mol. The minimum Gasteiger partial charge on any atom is -1.00 e. The molecule has 0 heterocycles. The first kappa shape index (κ1) is 27.6. The van der Waals surface area contributed by atoms with Crippen LogP contribution >= 0.6 is 12.4 Å². The molecule has 0 atom stereocenters. The number of halogens is 1. The van der Waals surface area contributed by atoms with Crippen molar-refractivity contribution in [3.8, 4) is 0 Å². The summed E-state index contributed by atoms with van der Waals surface area (Å²) in [5.74, 6) is 0. The Morgan fingerprint density at radius 1 is 1.25 bits per heavy atom. The molecule has 0 aromatic heterocycles. The second kappa shape index (κ2) is 16.5. The Morgan fingerprint density at radius 2 is 1.25 bits per heavy atom. The summed E-state index contributed by atoms with van der Waals surface area (Å²) in [6, 6.07) is 0. The van der Waals surface area contributed by atoms with E-state index in [2.05, 4.69) is 0 Å². The van der Waals surface area contributed by atoms with Crippen LogP contribution < -0.4 is 0 Å². The molecule has 2 N–H and O–H groups in total. The zero-order valence-electron chi connectivity index (χ0n) is 6.32. The van der Waals surface area contributed by atoms with Crippen molar-refractivity contribution >= 4 is 99.0 Å². The zero-order valence-corrected chi connectivity index (χ0v) is 9.79. The summed E-state index contributed by atoms with van der Waals surface area (Å²) in [5.41, 5.74) is 0. The maximum atomic E-state index is 0. The first-order chi connectivity index (χ1) is 0. The van der Waals surface area contributed by atoms with Gasteiger partial charge in [-0.2, -0.15) is 0 Å². The zero-order chi connectivity index (χ0) is 0. The van der Waals surface area contributed by atoms with Gasteiger partial charge in [-0.25, -0.2) is 0 Å². The molecule has 4 heavy (non-hydrogen) atoms. The fourth-order valence-corrected chi connectivity index (χ4v) is 0. The minimum absolute atomic E-state index is 0. The number of hydrogen-bond donors (Lipinski definition) is 0. The summed E-state index contributed by atoms with van der Waals surface area (Å²) < 4.78 is 0. The third kappa shape index (κ3) is 8.91. The topological polar surface area (TPSA) is 31.5 Å². The van der Waals surface area contributed by atoms with Gasteiger partial charge in [0.05, 0.1) is 0 Å². The van der Waals surface area contributed by atoms with Gasteiger partial charge in [-0.05, 0) is 0 Å². The summed E-state index contributed by atoms with van der Waals surface area (Å²) in [6.45, 7) is 0. The van der Waals surface area contributed by atoms with Crippen molar-refractivity contribution in [2.24, 2.45) is 0 Å². The van der Waals surface area contributed by atoms with Gasteiger partial charge in [-0.15, -0.1) is 12.4 Å². The van der Waals surface area contributed by atoms with E-state index in [-0.39, 0.29) is 110 Å². The molecule has 0 aromatic rings. The van der Waals surface area contributed by atoms with Crippen molar-refractivity contribution in [3.05, 3.63) is 0 Å². The summed E-state index contributed by atoms with van der Waals surface area (Å²) in [6.07, 6.45) is 0. The molecule has 0 radical (unpaired) electrons. The molecule has 0 aromatic carbocycles. The fourth-order valence-electron chi connectivity index (χ4n) is 0. The molecule has 0 rings (SSSR count). The van der Waals surface area contributed by atoms with Gasteiger partial charge in [0.2, 0.25) is 0 Å². The minimum atomic E-state index is 0. The van der Waals surface area contributed by atoms with Crippen molar-refractivity contribution in [1.82, 2.24) is 0 Å². The van der Waals surface area contributed by atoms with Crippen LogP contribution in [0.25, 0.3) is 0 Å². The number of hydrogen-bond acceptors (Lipinski definition) is 0. The largest absolute Gasteiger partial charge is 2.00 e. The molecule has 0 aliphatic heterocycles. The Balaban J connectivity index is 0. The Kier molecular flexibility index (Phi) is 114. The predicted molar refractivity (Wildman–Crippen MR) is 26.8 cm³/mol. The van der Waals surface area contributed by atoms with E-state index in [1.807, 2.05) is 0 Å². The van der Waals surface area contributed by atoms with E-state index in [4.69, 9.17) is 0 Å². The maximum Gasteiger partial charge on any atom is 2.00 e. The van der Waals surface area contributed by atoms with Crippen LogP contribution in [0.1, 0.15) is 5.71 Å². The van der Waals surface area contributed by atoms with Crippen molar-refractivity contribution in [3.63, 3.8) is 0 Å². The summed E-state index contributed by atoms with van der Waals surface area (Å²) >= 11 is 0. The van der Waals surface area contributed by atoms with Crippen LogP contribution in [-0.4, -0.2) is 92.1 Å². The Bertz CT molecular complexity index is 16.0. The molecule has 24 valence electrons. The van der Waals surface area contributed by atoms with Gasteiger partial charge in [0, 0.05) is 0 Å². The maximum absolute atomic E-state index is 0. The number of rotatable bonds is 0. The normalized spacial score (nSPS) is 0. The van der Waals surface area contributed by atoms with Crippen LogP contribution in [0.2, 0.25) is 0 Å². The Morgan fingerprint density at radius 3 is 1.25 bits per heavy atom. The van der Waals surface area contributed by atoms with Gasteiger partial charge in [0.1, 0.15) is 0 Å². The van der Waals surface area contributed by atoms with Crippen LogP contribution in [0, 0.1) is 0 Å². The average Bonchev–Trinajstić information content (AvgIpc) is 0. The standard InChI is InChI=1S/Ba.Ca.ClH.H2O.4H/h;;1H;1H2;;;;/q2*+2;;;4*-1. The van der Waals surface area contributed by atoms with E-state index in [1.54, 1.807) is 0 Å². The summed E-state index contributed by atoms with van der Waals surface area (Å²) in [5, 5.41) is 0. The van der Waals surface area contributed by atoms with Gasteiger partial charge in [0.25, 0.3) is 0 Å².